The highest BCUT2D eigenvalue weighted by atomic mass is 16.5. The van der Waals surface area contributed by atoms with E-state index in [0.29, 0.717) is 42.5 Å². The second kappa shape index (κ2) is 9.39. The van der Waals surface area contributed by atoms with Crippen molar-refractivity contribution in [2.45, 2.75) is 92.1 Å². The minimum atomic E-state index is -0.142. The molecular formula is C27H40O3. The van der Waals surface area contributed by atoms with E-state index in [4.69, 9.17) is 4.74 Å². The van der Waals surface area contributed by atoms with E-state index >= 15 is 0 Å². The summed E-state index contributed by atoms with van der Waals surface area (Å²) in [6.07, 6.45) is 11.0. The third-order valence-corrected chi connectivity index (χ3v) is 8.28. The van der Waals surface area contributed by atoms with Crippen molar-refractivity contribution in [3.63, 3.8) is 0 Å². The molecule has 0 N–H and O–H groups in total. The van der Waals surface area contributed by atoms with Crippen molar-refractivity contribution in [3.05, 3.63) is 12.2 Å². The van der Waals surface area contributed by atoms with Gasteiger partial charge in [-0.3, -0.25) is 9.59 Å². The van der Waals surface area contributed by atoms with Crippen molar-refractivity contribution >= 4 is 11.6 Å². The van der Waals surface area contributed by atoms with Crippen LogP contribution in [0.25, 0.3) is 0 Å². The molecule has 166 valence electrons. The van der Waals surface area contributed by atoms with E-state index in [-0.39, 0.29) is 22.7 Å². The highest BCUT2D eigenvalue weighted by Crippen LogP contribution is 2.56. The van der Waals surface area contributed by atoms with Crippen molar-refractivity contribution in [2.75, 3.05) is 6.61 Å². The lowest BCUT2D eigenvalue weighted by Gasteiger charge is -2.46. The number of rotatable bonds is 2. The number of ketones is 2. The van der Waals surface area contributed by atoms with Crippen molar-refractivity contribution in [2.24, 2.45) is 34.5 Å². The number of Topliss-reactive ketones (excluding diaryl/α,β-unsaturated/α-hetero) is 1. The number of hydrogen-bond donors (Lipinski definition) is 0. The van der Waals surface area contributed by atoms with Crippen molar-refractivity contribution in [1.82, 2.24) is 0 Å². The number of fused-ring (bicyclic) bond motifs is 3. The number of ether oxygens (including phenoxy) is 1. The van der Waals surface area contributed by atoms with Gasteiger partial charge >= 0.3 is 0 Å². The lowest BCUT2D eigenvalue weighted by atomic mass is 9.58. The molecule has 3 nitrogen and oxygen atoms in total. The Morgan fingerprint density at radius 2 is 1.97 bits per heavy atom. The van der Waals surface area contributed by atoms with Crippen molar-refractivity contribution in [3.8, 4) is 11.8 Å². The fraction of sp³-hybridized carbons (Fsp3) is 0.778. The number of carbonyl (C=O) groups excluding carboxylic acids is 2. The zero-order valence-electron chi connectivity index (χ0n) is 19.6. The predicted octanol–water partition coefficient (Wildman–Crippen LogP) is 5.77. The molecule has 0 amide bonds. The van der Waals surface area contributed by atoms with Gasteiger partial charge in [0.25, 0.3) is 0 Å². The van der Waals surface area contributed by atoms with Gasteiger partial charge < -0.3 is 4.74 Å². The van der Waals surface area contributed by atoms with Gasteiger partial charge in [-0.2, -0.15) is 0 Å². The van der Waals surface area contributed by atoms with Crippen LogP contribution in [0.2, 0.25) is 0 Å². The Bertz CT molecular complexity index is 731. The molecule has 0 spiro atoms. The van der Waals surface area contributed by atoms with Crippen LogP contribution in [-0.4, -0.2) is 24.3 Å². The van der Waals surface area contributed by atoms with E-state index in [1.54, 1.807) is 6.08 Å². The van der Waals surface area contributed by atoms with Crippen molar-refractivity contribution < 1.29 is 14.3 Å². The Labute approximate surface area is 183 Å². The first-order valence-corrected chi connectivity index (χ1v) is 12.0. The molecular weight excluding hydrogens is 372 g/mol. The molecule has 0 aromatic heterocycles. The monoisotopic (exact) mass is 412 g/mol. The molecule has 3 rings (SSSR count). The summed E-state index contributed by atoms with van der Waals surface area (Å²) in [7, 11) is 0. The summed E-state index contributed by atoms with van der Waals surface area (Å²) in [6, 6.07) is 0. The van der Waals surface area contributed by atoms with Gasteiger partial charge in [0.15, 0.2) is 5.78 Å². The lowest BCUT2D eigenvalue weighted by Crippen LogP contribution is -2.43. The Hall–Kier alpha value is -1.40. The van der Waals surface area contributed by atoms with Gasteiger partial charge in [-0.1, -0.05) is 52.5 Å². The molecule has 0 bridgehead atoms. The maximum Gasteiger partial charge on any atom is 0.155 e. The van der Waals surface area contributed by atoms with Crippen LogP contribution in [0, 0.1) is 46.3 Å². The van der Waals surface area contributed by atoms with Crippen LogP contribution >= 0.6 is 0 Å². The Balaban J connectivity index is 1.74. The summed E-state index contributed by atoms with van der Waals surface area (Å²) >= 11 is 0. The fourth-order valence-electron chi connectivity index (χ4n) is 5.72. The molecule has 0 radical (unpaired) electrons. The van der Waals surface area contributed by atoms with Crippen molar-refractivity contribution in [1.29, 1.82) is 0 Å². The zero-order valence-corrected chi connectivity index (χ0v) is 19.6. The van der Waals surface area contributed by atoms with Gasteiger partial charge in [0.2, 0.25) is 0 Å². The van der Waals surface area contributed by atoms with Gasteiger partial charge in [-0.05, 0) is 67.8 Å². The number of carbonyl (C=O) groups is 2. The Morgan fingerprint density at radius 3 is 2.70 bits per heavy atom. The molecule has 6 atom stereocenters. The highest BCUT2D eigenvalue weighted by molar-refractivity contribution is 5.89. The molecule has 0 aromatic rings. The Morgan fingerprint density at radius 1 is 1.20 bits per heavy atom. The van der Waals surface area contributed by atoms with Crippen LogP contribution < -0.4 is 0 Å². The molecule has 0 heterocycles. The average molecular weight is 413 g/mol. The van der Waals surface area contributed by atoms with Crippen LogP contribution in [0.5, 0.6) is 0 Å². The van der Waals surface area contributed by atoms with E-state index in [2.05, 4.69) is 46.5 Å². The zero-order chi connectivity index (χ0) is 21.9. The fourth-order valence-corrected chi connectivity index (χ4v) is 5.72. The maximum atomic E-state index is 12.7. The lowest BCUT2D eigenvalue weighted by molar-refractivity contribution is -0.130. The maximum absolute atomic E-state index is 12.7. The first-order chi connectivity index (χ1) is 14.1. The van der Waals surface area contributed by atoms with E-state index in [9.17, 15) is 9.59 Å². The van der Waals surface area contributed by atoms with Gasteiger partial charge in [0.1, 0.15) is 12.4 Å². The van der Waals surface area contributed by atoms with Crippen LogP contribution in [0.4, 0.5) is 0 Å². The third-order valence-electron chi connectivity index (χ3n) is 8.28. The quantitative estimate of drug-likeness (QED) is 0.541. The first kappa shape index (κ1) is 23.3. The second-order valence-electron chi connectivity index (χ2n) is 11.2. The summed E-state index contributed by atoms with van der Waals surface area (Å²) in [6.45, 7) is 11.3. The summed E-state index contributed by atoms with van der Waals surface area (Å²) in [5, 5.41) is 0. The molecule has 0 aliphatic heterocycles. The van der Waals surface area contributed by atoms with Gasteiger partial charge in [-0.15, -0.1) is 0 Å². The van der Waals surface area contributed by atoms with Gasteiger partial charge in [0, 0.05) is 24.2 Å². The standard InChI is InChI=1S/C27H40O3/c1-19(26(2,3)4)8-7-17-30-22-12-11-21(28)10-6-9-20-15-16-27(5)24(23(20)18-22)13-14-25(27)29/h11-12,19-20,22-24H,6,9-10,13-18H2,1-5H3. The summed E-state index contributed by atoms with van der Waals surface area (Å²) in [5.41, 5.74) is 0.0157. The van der Waals surface area contributed by atoms with E-state index < -0.39 is 0 Å². The topological polar surface area (TPSA) is 43.4 Å². The molecule has 3 aliphatic carbocycles. The molecule has 0 aromatic carbocycles. The normalized spacial score (nSPS) is 35.8. The van der Waals surface area contributed by atoms with Crippen LogP contribution in [-0.2, 0) is 14.3 Å². The second-order valence-corrected chi connectivity index (χ2v) is 11.2. The SMILES string of the molecule is CC(C#CCOC1C=CC(=O)CCCC2CCC3(C)C(=O)CCC3C2C1)C(C)(C)C. The largest absolute Gasteiger partial charge is 0.361 e. The Kier molecular flexibility index (Phi) is 7.28. The molecule has 0 saturated heterocycles. The average Bonchev–Trinajstić information content (AvgIpc) is 2.98. The van der Waals surface area contributed by atoms with Gasteiger partial charge in [0.05, 0.1) is 6.10 Å². The van der Waals surface area contributed by atoms with Crippen LogP contribution in [0.1, 0.15) is 86.0 Å². The summed E-state index contributed by atoms with van der Waals surface area (Å²) in [4.78, 5) is 24.9. The molecule has 30 heavy (non-hydrogen) atoms. The van der Waals surface area contributed by atoms with E-state index in [1.807, 2.05) is 6.08 Å². The summed E-state index contributed by atoms with van der Waals surface area (Å²) < 4.78 is 6.19. The molecule has 3 heteroatoms. The third kappa shape index (κ3) is 5.25. The molecule has 2 fully saturated rings. The van der Waals surface area contributed by atoms with Crippen LogP contribution in [0.15, 0.2) is 12.2 Å². The van der Waals surface area contributed by atoms with E-state index in [1.165, 1.54) is 0 Å². The number of allylic oxidation sites excluding steroid dienone is 1. The molecule has 6 unspecified atom stereocenters. The minimum absolute atomic E-state index is 0.100. The minimum Gasteiger partial charge on any atom is -0.361 e. The molecule has 2 saturated carbocycles. The molecule has 3 aliphatic rings. The van der Waals surface area contributed by atoms with Gasteiger partial charge in [-0.25, -0.2) is 0 Å². The van der Waals surface area contributed by atoms with Crippen LogP contribution in [0.3, 0.4) is 0 Å². The number of hydrogen-bond acceptors (Lipinski definition) is 3. The van der Waals surface area contributed by atoms with E-state index in [0.717, 1.165) is 44.9 Å². The highest BCUT2D eigenvalue weighted by Gasteiger charge is 2.53. The summed E-state index contributed by atoms with van der Waals surface area (Å²) in [5.74, 6) is 9.05. The first-order valence-electron chi connectivity index (χ1n) is 12.0. The smallest absolute Gasteiger partial charge is 0.155 e. The predicted molar refractivity (Wildman–Crippen MR) is 121 cm³/mol.